The van der Waals surface area contributed by atoms with Crippen LogP contribution in [0.4, 0.5) is 11.4 Å². The van der Waals surface area contributed by atoms with Crippen LogP contribution in [0.25, 0.3) is 0 Å². The number of anilines is 1. The van der Waals surface area contributed by atoms with Crippen molar-refractivity contribution in [1.29, 1.82) is 0 Å². The summed E-state index contributed by atoms with van der Waals surface area (Å²) >= 11 is 0. The van der Waals surface area contributed by atoms with Crippen LogP contribution in [0.5, 0.6) is 0 Å². The number of hydrogen-bond donors (Lipinski definition) is 1. The number of nitrogens with zero attached hydrogens (tertiary/aromatic N) is 2. The van der Waals surface area contributed by atoms with Crippen molar-refractivity contribution in [3.8, 4) is 0 Å². The smallest absolute Gasteiger partial charge is 0.355 e. The van der Waals surface area contributed by atoms with Gasteiger partial charge in [-0.15, -0.1) is 0 Å². The topological polar surface area (TPSA) is 136 Å². The van der Waals surface area contributed by atoms with E-state index in [-0.39, 0.29) is 5.57 Å². The Balaban J connectivity index is 2.90. The van der Waals surface area contributed by atoms with Crippen LogP contribution >= 0.6 is 0 Å². The number of hydrogen-bond acceptors (Lipinski definition) is 8. The minimum atomic E-state index is -1.46. The van der Waals surface area contributed by atoms with Crippen LogP contribution in [0.2, 0.25) is 0 Å². The van der Waals surface area contributed by atoms with Gasteiger partial charge in [0, 0.05) is 12.3 Å². The van der Waals surface area contributed by atoms with E-state index in [4.69, 9.17) is 4.74 Å². The third-order valence-corrected chi connectivity index (χ3v) is 3.57. The van der Waals surface area contributed by atoms with E-state index in [1.807, 2.05) is 0 Å². The van der Waals surface area contributed by atoms with Crippen LogP contribution in [0.15, 0.2) is 53.9 Å². The number of carbonyl (C=O) groups excluding carboxylic acids is 2. The summed E-state index contributed by atoms with van der Waals surface area (Å²) in [6.45, 7) is 0. The van der Waals surface area contributed by atoms with Gasteiger partial charge in [0.25, 0.3) is 5.69 Å². The average molecular weight is 374 g/mol. The molecule has 1 N–H and O–H groups in total. The van der Waals surface area contributed by atoms with E-state index >= 15 is 0 Å². The molecule has 10 heteroatoms. The Morgan fingerprint density at radius 3 is 2.33 bits per heavy atom. The first-order valence-electron chi connectivity index (χ1n) is 7.39. The molecule has 0 atom stereocenters. The van der Waals surface area contributed by atoms with Crippen LogP contribution in [-0.2, 0) is 19.1 Å². The molecule has 27 heavy (non-hydrogen) atoms. The third-order valence-electron chi connectivity index (χ3n) is 3.57. The zero-order valence-corrected chi connectivity index (χ0v) is 14.2. The van der Waals surface area contributed by atoms with Gasteiger partial charge in [-0.25, -0.2) is 14.4 Å². The summed E-state index contributed by atoms with van der Waals surface area (Å²) in [6.07, 6.45) is 5.24. The van der Waals surface area contributed by atoms with E-state index in [0.717, 1.165) is 31.3 Å². The summed E-state index contributed by atoms with van der Waals surface area (Å²) in [6, 6.07) is 3.43. The Labute approximate surface area is 152 Å². The monoisotopic (exact) mass is 374 g/mol. The second-order valence-electron chi connectivity index (χ2n) is 5.05. The standard InChI is InChI=1S/C17H14N2O8/c1-26-16(22)11-6-3-4-9-18(14(11)17(23)27-2)13-10(15(20)21)7-5-8-12(13)19(24)25/h3-9H,1-2H3,(H,20,21). The quantitative estimate of drug-likeness (QED) is 0.464. The Morgan fingerprint density at radius 1 is 1.11 bits per heavy atom. The molecule has 0 saturated heterocycles. The molecule has 140 valence electrons. The maximum atomic E-state index is 12.4. The van der Waals surface area contributed by atoms with E-state index in [1.165, 1.54) is 30.5 Å². The number of allylic oxidation sites excluding steroid dienone is 2. The van der Waals surface area contributed by atoms with Gasteiger partial charge in [-0.2, -0.15) is 0 Å². The van der Waals surface area contributed by atoms with Crippen molar-refractivity contribution >= 4 is 29.3 Å². The fourth-order valence-electron chi connectivity index (χ4n) is 2.44. The van der Waals surface area contributed by atoms with E-state index in [9.17, 15) is 29.6 Å². The minimum absolute atomic E-state index is 0.260. The molecule has 1 aliphatic heterocycles. The van der Waals surface area contributed by atoms with E-state index in [1.54, 1.807) is 0 Å². The highest BCUT2D eigenvalue weighted by Crippen LogP contribution is 2.36. The van der Waals surface area contributed by atoms with Crippen molar-refractivity contribution in [3.05, 3.63) is 69.6 Å². The molecule has 10 nitrogen and oxygen atoms in total. The lowest BCUT2D eigenvalue weighted by Crippen LogP contribution is -2.28. The molecule has 0 aromatic heterocycles. The highest BCUT2D eigenvalue weighted by Gasteiger charge is 2.34. The van der Waals surface area contributed by atoms with E-state index in [0.29, 0.717) is 0 Å². The summed E-state index contributed by atoms with van der Waals surface area (Å²) < 4.78 is 9.34. The first-order valence-corrected chi connectivity index (χ1v) is 7.39. The molecule has 0 spiro atoms. The number of carbonyl (C=O) groups is 3. The number of aromatic carboxylic acids is 1. The number of rotatable bonds is 5. The predicted molar refractivity (Wildman–Crippen MR) is 91.9 cm³/mol. The molecular weight excluding hydrogens is 360 g/mol. The Morgan fingerprint density at radius 2 is 1.78 bits per heavy atom. The highest BCUT2D eigenvalue weighted by molar-refractivity contribution is 6.08. The van der Waals surface area contributed by atoms with Gasteiger partial charge in [0.1, 0.15) is 11.4 Å². The summed E-state index contributed by atoms with van der Waals surface area (Å²) in [4.78, 5) is 47.7. The Kier molecular flexibility index (Phi) is 5.71. The summed E-state index contributed by atoms with van der Waals surface area (Å²) in [5.41, 5.74) is -2.11. The summed E-state index contributed by atoms with van der Waals surface area (Å²) in [5, 5.41) is 20.9. The van der Waals surface area contributed by atoms with Gasteiger partial charge in [0.15, 0.2) is 0 Å². The van der Waals surface area contributed by atoms with Gasteiger partial charge in [0.05, 0.1) is 30.3 Å². The van der Waals surface area contributed by atoms with Gasteiger partial charge < -0.3 is 19.5 Å². The second-order valence-corrected chi connectivity index (χ2v) is 5.05. The first kappa shape index (κ1) is 19.4. The van der Waals surface area contributed by atoms with Crippen LogP contribution < -0.4 is 4.90 Å². The number of carboxylic acids is 1. The number of ether oxygens (including phenoxy) is 2. The predicted octanol–water partition coefficient (Wildman–Crippen LogP) is 1.78. The molecule has 0 bridgehead atoms. The Bertz CT molecular complexity index is 881. The van der Waals surface area contributed by atoms with Crippen molar-refractivity contribution in [2.45, 2.75) is 0 Å². The molecule has 0 aliphatic carbocycles. The van der Waals surface area contributed by atoms with Crippen molar-refractivity contribution < 1.29 is 33.9 Å². The number of para-hydroxylation sites is 1. The first-order chi connectivity index (χ1) is 12.8. The third kappa shape index (κ3) is 3.68. The molecule has 1 aromatic carbocycles. The number of nitro benzene ring substituents is 1. The van der Waals surface area contributed by atoms with Gasteiger partial charge in [-0.05, 0) is 18.2 Å². The van der Waals surface area contributed by atoms with Crippen molar-refractivity contribution in [2.24, 2.45) is 0 Å². The molecule has 0 amide bonds. The molecule has 2 rings (SSSR count). The zero-order valence-electron chi connectivity index (χ0n) is 14.2. The molecule has 0 saturated carbocycles. The van der Waals surface area contributed by atoms with E-state index < -0.39 is 45.5 Å². The normalized spacial score (nSPS) is 13.2. The molecule has 1 aliphatic rings. The fourth-order valence-corrected chi connectivity index (χ4v) is 2.44. The lowest BCUT2D eigenvalue weighted by molar-refractivity contribution is -0.384. The number of benzene rings is 1. The minimum Gasteiger partial charge on any atom is -0.478 e. The van der Waals surface area contributed by atoms with Gasteiger partial charge in [-0.1, -0.05) is 12.1 Å². The molecule has 0 unspecified atom stereocenters. The van der Waals surface area contributed by atoms with Gasteiger partial charge in [0.2, 0.25) is 0 Å². The average Bonchev–Trinajstić information content (AvgIpc) is 2.88. The van der Waals surface area contributed by atoms with E-state index in [2.05, 4.69) is 4.74 Å². The largest absolute Gasteiger partial charge is 0.478 e. The summed E-state index contributed by atoms with van der Waals surface area (Å²) in [5.74, 6) is -3.37. The maximum Gasteiger partial charge on any atom is 0.355 e. The zero-order chi connectivity index (χ0) is 20.1. The number of carboxylic acid groups (broad SMARTS) is 1. The Hall–Kier alpha value is -3.95. The van der Waals surface area contributed by atoms with Crippen LogP contribution in [0.1, 0.15) is 10.4 Å². The SMILES string of the molecule is COC(=O)C1=C(C(=O)OC)N(c2c(C(=O)O)cccc2[N+](=O)[O-])C=CC=C1. The molecule has 0 fully saturated rings. The highest BCUT2D eigenvalue weighted by atomic mass is 16.6. The van der Waals surface area contributed by atoms with Crippen LogP contribution in [0, 0.1) is 10.1 Å². The molecule has 1 heterocycles. The second kappa shape index (κ2) is 7.95. The number of esters is 2. The van der Waals surface area contributed by atoms with Gasteiger partial charge >= 0.3 is 17.9 Å². The molecule has 1 aromatic rings. The van der Waals surface area contributed by atoms with Crippen molar-refractivity contribution in [3.63, 3.8) is 0 Å². The van der Waals surface area contributed by atoms with Crippen LogP contribution in [-0.4, -0.2) is 42.2 Å². The summed E-state index contributed by atoms with van der Waals surface area (Å²) in [7, 11) is 2.15. The number of nitro groups is 1. The molecular formula is C17H14N2O8. The maximum absolute atomic E-state index is 12.4. The van der Waals surface area contributed by atoms with Gasteiger partial charge in [-0.3, -0.25) is 10.1 Å². The lowest BCUT2D eigenvalue weighted by Gasteiger charge is -2.24. The number of methoxy groups -OCH3 is 2. The van der Waals surface area contributed by atoms with Crippen LogP contribution in [0.3, 0.4) is 0 Å². The molecule has 0 radical (unpaired) electrons. The lowest BCUT2D eigenvalue weighted by atomic mass is 10.1. The van der Waals surface area contributed by atoms with Crippen molar-refractivity contribution in [2.75, 3.05) is 19.1 Å². The van der Waals surface area contributed by atoms with Crippen molar-refractivity contribution in [1.82, 2.24) is 0 Å². The fraction of sp³-hybridized carbons (Fsp3) is 0.118.